The molecule has 3 N–H and O–H groups in total. The Morgan fingerprint density at radius 3 is 1.49 bits per heavy atom. The Morgan fingerprint density at radius 2 is 1.13 bits per heavy atom. The van der Waals surface area contributed by atoms with Crippen LogP contribution >= 0.6 is 31.9 Å². The summed E-state index contributed by atoms with van der Waals surface area (Å²) in [5, 5.41) is 14.7. The van der Waals surface area contributed by atoms with Gasteiger partial charge in [0.2, 0.25) is 0 Å². The summed E-state index contributed by atoms with van der Waals surface area (Å²) in [7, 11) is 0. The molecule has 0 aliphatic heterocycles. The van der Waals surface area contributed by atoms with E-state index in [1.165, 1.54) is 6.07 Å². The van der Waals surface area contributed by atoms with Crippen LogP contribution in [-0.2, 0) is 0 Å². The number of alkyl halides is 6. The fourth-order valence-corrected chi connectivity index (χ4v) is 6.73. The molecule has 0 radical (unpaired) electrons. The number of pyridine rings is 2. The van der Waals surface area contributed by atoms with Crippen molar-refractivity contribution in [3.05, 3.63) is 105 Å². The highest BCUT2D eigenvalue weighted by molar-refractivity contribution is 9.10. The number of benzene rings is 2. The van der Waals surface area contributed by atoms with E-state index < -0.39 is 31.2 Å². The van der Waals surface area contributed by atoms with Crippen LogP contribution in [0.5, 0.6) is 0 Å². The van der Waals surface area contributed by atoms with Gasteiger partial charge in [-0.05, 0) is 87.2 Å². The fraction of sp³-hybridized carbons (Fsp3) is 0.263. The summed E-state index contributed by atoms with van der Waals surface area (Å²) >= 11 is 6.77. The zero-order valence-corrected chi connectivity index (χ0v) is 32.7. The van der Waals surface area contributed by atoms with Crippen LogP contribution in [0.1, 0.15) is 58.0 Å². The number of carboxylic acid groups (broad SMARTS) is 1. The highest BCUT2D eigenvalue weighted by Crippen LogP contribution is 2.32. The second kappa shape index (κ2) is 16.9. The number of aromatic carboxylic acids is 1. The number of carboxylic acids is 1. The van der Waals surface area contributed by atoms with Gasteiger partial charge in [0, 0.05) is 57.5 Å². The lowest BCUT2D eigenvalue weighted by Gasteiger charge is -2.12. The number of hydrogen-bond acceptors (Lipinski definition) is 6. The number of hydrogen-bond donors (Lipinski definition) is 3. The van der Waals surface area contributed by atoms with Crippen molar-refractivity contribution in [2.24, 2.45) is 0 Å². The van der Waals surface area contributed by atoms with Gasteiger partial charge in [-0.25, -0.2) is 14.8 Å². The molecule has 9 nitrogen and oxygen atoms in total. The highest BCUT2D eigenvalue weighted by Gasteiger charge is 2.27. The number of aryl methyl sites for hydroxylation is 2. The summed E-state index contributed by atoms with van der Waals surface area (Å²) in [6.45, 7) is 4.92. The van der Waals surface area contributed by atoms with Crippen LogP contribution < -0.4 is 10.6 Å². The molecule has 290 valence electrons. The molecule has 0 fully saturated rings. The molecule has 0 saturated carbocycles. The van der Waals surface area contributed by atoms with Gasteiger partial charge in [-0.1, -0.05) is 25.1 Å². The second-order valence-corrected chi connectivity index (χ2v) is 14.4. The molecule has 2 aromatic carbocycles. The molecule has 4 heterocycles. The standard InChI is InChI=1S/C20H19BrF3N3O.C18H15BrF3N3O2/c1-3-18(28)15-5-4-13(8-12(15)2)17-10-26-19-16(9-14(21)11-27(17)19)25-7-6-20(22,23)24;1-10-6-11(2-3-13(10)17(26)27)15-8-24-16-14(7-12(19)9-25(15)16)23-5-4-18(20,21)22/h4-5,8-11,25H,3,6-7H2,1-2H3;2-3,6-9,23H,4-5H2,1H3,(H,26,27). The summed E-state index contributed by atoms with van der Waals surface area (Å²) in [6, 6.07) is 13.9. The zero-order valence-electron chi connectivity index (χ0n) is 29.5. The van der Waals surface area contributed by atoms with Crippen LogP contribution in [-0.4, -0.2) is 61.1 Å². The summed E-state index contributed by atoms with van der Waals surface area (Å²) in [4.78, 5) is 31.9. The average Bonchev–Trinajstić information content (AvgIpc) is 3.71. The molecule has 0 atom stereocenters. The van der Waals surface area contributed by atoms with Crippen LogP contribution in [0.3, 0.4) is 0 Å². The molecule has 0 unspecified atom stereocenters. The van der Waals surface area contributed by atoms with Gasteiger partial charge in [-0.2, -0.15) is 26.3 Å². The molecular formula is C38H34Br2F6N6O3. The van der Waals surface area contributed by atoms with E-state index in [-0.39, 0.29) is 24.4 Å². The van der Waals surface area contributed by atoms with Crippen LogP contribution in [0.25, 0.3) is 33.8 Å². The van der Waals surface area contributed by atoms with E-state index in [0.717, 1.165) is 22.4 Å². The van der Waals surface area contributed by atoms with Gasteiger partial charge in [0.15, 0.2) is 17.1 Å². The predicted molar refractivity (Wildman–Crippen MR) is 206 cm³/mol. The van der Waals surface area contributed by atoms with Crippen molar-refractivity contribution < 1.29 is 41.0 Å². The fourth-order valence-electron chi connectivity index (χ4n) is 5.86. The van der Waals surface area contributed by atoms with Crippen LogP contribution in [0.2, 0.25) is 0 Å². The van der Waals surface area contributed by atoms with Crippen molar-refractivity contribution in [1.82, 2.24) is 18.8 Å². The number of aromatic nitrogens is 4. The van der Waals surface area contributed by atoms with Crippen molar-refractivity contribution in [3.8, 4) is 22.5 Å². The number of ketones is 1. The quantitative estimate of drug-likeness (QED) is 0.0877. The maximum absolute atomic E-state index is 12.4. The number of anilines is 2. The third-order valence-electron chi connectivity index (χ3n) is 8.49. The van der Waals surface area contributed by atoms with Crippen molar-refractivity contribution in [2.45, 2.75) is 52.4 Å². The van der Waals surface area contributed by atoms with E-state index in [4.69, 9.17) is 5.11 Å². The average molecular weight is 897 g/mol. The Morgan fingerprint density at radius 1 is 0.709 bits per heavy atom. The molecule has 55 heavy (non-hydrogen) atoms. The number of carbonyl (C=O) groups is 2. The Kier molecular flexibility index (Phi) is 12.6. The normalized spacial score (nSPS) is 11.8. The van der Waals surface area contributed by atoms with E-state index in [1.54, 1.807) is 60.2 Å². The Balaban J connectivity index is 0.000000211. The van der Waals surface area contributed by atoms with E-state index in [0.29, 0.717) is 54.9 Å². The minimum atomic E-state index is -4.24. The lowest BCUT2D eigenvalue weighted by molar-refractivity contribution is -0.132. The molecule has 6 rings (SSSR count). The third-order valence-corrected chi connectivity index (χ3v) is 9.36. The van der Waals surface area contributed by atoms with Gasteiger partial charge in [0.25, 0.3) is 0 Å². The Labute approximate surface area is 328 Å². The molecule has 0 aliphatic carbocycles. The first kappa shape index (κ1) is 41.3. The summed E-state index contributed by atoms with van der Waals surface area (Å²) in [5.41, 5.74) is 7.49. The van der Waals surface area contributed by atoms with Gasteiger partial charge >= 0.3 is 18.3 Å². The molecule has 0 saturated heterocycles. The van der Waals surface area contributed by atoms with Gasteiger partial charge in [0.1, 0.15) is 0 Å². The molecule has 0 bridgehead atoms. The number of Topliss-reactive ketones (excluding diaryl/α,β-unsaturated/α-hetero) is 1. The Bertz CT molecular complexity index is 2370. The first-order valence-corrected chi connectivity index (χ1v) is 18.4. The summed E-state index contributed by atoms with van der Waals surface area (Å²) in [6.07, 6.45) is -3.04. The minimum absolute atomic E-state index is 0.0843. The molecular weight excluding hydrogens is 862 g/mol. The van der Waals surface area contributed by atoms with E-state index in [1.807, 2.05) is 36.6 Å². The lowest BCUT2D eigenvalue weighted by atomic mass is 9.99. The van der Waals surface area contributed by atoms with Crippen molar-refractivity contribution in [1.29, 1.82) is 0 Å². The molecule has 4 aromatic heterocycles. The first-order chi connectivity index (χ1) is 25.8. The summed E-state index contributed by atoms with van der Waals surface area (Å²) in [5.74, 6) is -0.919. The summed E-state index contributed by atoms with van der Waals surface area (Å²) < 4.78 is 79.4. The third kappa shape index (κ3) is 10.2. The van der Waals surface area contributed by atoms with Gasteiger partial charge in [0.05, 0.1) is 53.6 Å². The van der Waals surface area contributed by atoms with Gasteiger partial charge < -0.3 is 15.7 Å². The molecule has 0 aliphatic rings. The van der Waals surface area contributed by atoms with Crippen LogP contribution in [0.4, 0.5) is 37.7 Å². The number of nitrogens with zero attached hydrogens (tertiary/aromatic N) is 4. The van der Waals surface area contributed by atoms with Gasteiger partial charge in [-0.3, -0.25) is 13.6 Å². The topological polar surface area (TPSA) is 113 Å². The number of halogens is 8. The first-order valence-electron chi connectivity index (χ1n) is 16.8. The van der Waals surface area contributed by atoms with E-state index >= 15 is 0 Å². The van der Waals surface area contributed by atoms with Crippen LogP contribution in [0.15, 0.2) is 82.3 Å². The molecule has 0 amide bonds. The van der Waals surface area contributed by atoms with Gasteiger partial charge in [-0.15, -0.1) is 0 Å². The molecule has 0 spiro atoms. The second-order valence-electron chi connectivity index (χ2n) is 12.5. The predicted octanol–water partition coefficient (Wildman–Crippen LogP) is 11.2. The number of nitrogens with one attached hydrogen (secondary N) is 2. The van der Waals surface area contributed by atoms with Crippen LogP contribution in [0, 0.1) is 13.8 Å². The minimum Gasteiger partial charge on any atom is -0.478 e. The number of fused-ring (bicyclic) bond motifs is 2. The maximum Gasteiger partial charge on any atom is 0.390 e. The molecule has 6 aromatic rings. The van der Waals surface area contributed by atoms with E-state index in [9.17, 15) is 35.9 Å². The van der Waals surface area contributed by atoms with E-state index in [2.05, 4.69) is 52.5 Å². The zero-order chi connectivity index (χ0) is 40.2. The monoisotopic (exact) mass is 894 g/mol. The smallest absolute Gasteiger partial charge is 0.390 e. The van der Waals surface area contributed by atoms with Crippen molar-refractivity contribution in [3.63, 3.8) is 0 Å². The highest BCUT2D eigenvalue weighted by atomic mass is 79.9. The SMILES string of the molecule is CCC(=O)c1ccc(-c2cnc3c(NCCC(F)(F)F)cc(Br)cn23)cc1C.Cc1cc(-c2cnc3c(NCCC(F)(F)F)cc(Br)cn23)ccc1C(=O)O. The lowest BCUT2D eigenvalue weighted by Crippen LogP contribution is -2.15. The van der Waals surface area contributed by atoms with Crippen molar-refractivity contribution >= 4 is 66.3 Å². The maximum atomic E-state index is 12.4. The Hall–Kier alpha value is -4.90. The number of carbonyl (C=O) groups excluding carboxylic acids is 1. The molecule has 17 heteroatoms. The number of rotatable bonds is 11. The van der Waals surface area contributed by atoms with Crippen molar-refractivity contribution in [2.75, 3.05) is 23.7 Å². The largest absolute Gasteiger partial charge is 0.478 e. The number of imidazole rings is 2.